The molecule has 88 valence electrons. The van der Waals surface area contributed by atoms with Crippen LogP contribution in [0.25, 0.3) is 0 Å². The molecule has 2 atom stereocenters. The summed E-state index contributed by atoms with van der Waals surface area (Å²) < 4.78 is 5.42. The third-order valence-corrected chi connectivity index (χ3v) is 3.41. The second-order valence-electron chi connectivity index (χ2n) is 4.93. The number of hydrogen-bond donors (Lipinski definition) is 2. The first kappa shape index (κ1) is 11.4. The van der Waals surface area contributed by atoms with Crippen LogP contribution in [-0.2, 0) is 0 Å². The Morgan fingerprint density at radius 2 is 2.25 bits per heavy atom. The van der Waals surface area contributed by atoms with Crippen molar-refractivity contribution >= 4 is 0 Å². The highest BCUT2D eigenvalue weighted by Gasteiger charge is 2.37. The van der Waals surface area contributed by atoms with Crippen molar-refractivity contribution in [2.45, 2.75) is 25.3 Å². The number of hydrogen-bond acceptors (Lipinski definition) is 3. The average Bonchev–Trinajstić information content (AvgIpc) is 2.58. The lowest BCUT2D eigenvalue weighted by atomic mass is 9.83. The third kappa shape index (κ3) is 1.93. The maximum absolute atomic E-state index is 6.31. The third-order valence-electron chi connectivity index (χ3n) is 3.41. The summed E-state index contributed by atoms with van der Waals surface area (Å²) in [4.78, 5) is 0. The van der Waals surface area contributed by atoms with Gasteiger partial charge in [-0.1, -0.05) is 17.7 Å². The summed E-state index contributed by atoms with van der Waals surface area (Å²) >= 11 is 0. The summed E-state index contributed by atoms with van der Waals surface area (Å²) in [6.07, 6.45) is 0. The van der Waals surface area contributed by atoms with Gasteiger partial charge < -0.3 is 15.8 Å². The number of nitrogens with two attached hydrogens (primary N) is 1. The van der Waals surface area contributed by atoms with Crippen LogP contribution >= 0.6 is 0 Å². The standard InChI is InChI=1S/C13H20N2O/c1-9-4-5-12(16-3)10(6-9)11-7-15-8-13(11,2)14/h4-6,11,15H,7-8,14H2,1-3H3/t11-,13+/m1/s1. The summed E-state index contributed by atoms with van der Waals surface area (Å²) in [5.41, 5.74) is 8.58. The van der Waals surface area contributed by atoms with Crippen molar-refractivity contribution in [1.82, 2.24) is 5.32 Å². The van der Waals surface area contributed by atoms with Gasteiger partial charge in [0.2, 0.25) is 0 Å². The average molecular weight is 220 g/mol. The summed E-state index contributed by atoms with van der Waals surface area (Å²) in [5.74, 6) is 1.26. The van der Waals surface area contributed by atoms with Crippen molar-refractivity contribution in [2.75, 3.05) is 20.2 Å². The van der Waals surface area contributed by atoms with Gasteiger partial charge in [-0.3, -0.25) is 0 Å². The molecule has 0 saturated carbocycles. The lowest BCUT2D eigenvalue weighted by molar-refractivity contribution is 0.392. The maximum atomic E-state index is 6.31. The molecule has 1 fully saturated rings. The van der Waals surface area contributed by atoms with E-state index in [1.165, 1.54) is 11.1 Å². The lowest BCUT2D eigenvalue weighted by Crippen LogP contribution is -2.43. The molecule has 1 saturated heterocycles. The molecule has 0 bridgehead atoms. The zero-order chi connectivity index (χ0) is 11.8. The number of rotatable bonds is 2. The van der Waals surface area contributed by atoms with Crippen molar-refractivity contribution < 1.29 is 4.74 Å². The van der Waals surface area contributed by atoms with E-state index >= 15 is 0 Å². The van der Waals surface area contributed by atoms with E-state index in [4.69, 9.17) is 10.5 Å². The lowest BCUT2D eigenvalue weighted by Gasteiger charge is -2.27. The molecule has 3 heteroatoms. The first-order chi connectivity index (χ1) is 7.54. The molecule has 0 radical (unpaired) electrons. The predicted octanol–water partition coefficient (Wildman–Crippen LogP) is 1.41. The van der Waals surface area contributed by atoms with Gasteiger partial charge in [-0.2, -0.15) is 0 Å². The fraction of sp³-hybridized carbons (Fsp3) is 0.538. The highest BCUT2D eigenvalue weighted by molar-refractivity contribution is 5.42. The molecule has 0 aliphatic carbocycles. The van der Waals surface area contributed by atoms with Crippen LogP contribution < -0.4 is 15.8 Å². The van der Waals surface area contributed by atoms with E-state index in [2.05, 4.69) is 31.3 Å². The Kier molecular flexibility index (Phi) is 2.91. The Labute approximate surface area is 97.0 Å². The quantitative estimate of drug-likeness (QED) is 0.792. The Balaban J connectivity index is 2.42. The topological polar surface area (TPSA) is 47.3 Å². The van der Waals surface area contributed by atoms with Crippen molar-refractivity contribution in [1.29, 1.82) is 0 Å². The molecule has 2 rings (SSSR count). The van der Waals surface area contributed by atoms with Crippen LogP contribution in [0.1, 0.15) is 24.0 Å². The zero-order valence-corrected chi connectivity index (χ0v) is 10.2. The monoisotopic (exact) mass is 220 g/mol. The van der Waals surface area contributed by atoms with E-state index in [-0.39, 0.29) is 5.54 Å². The van der Waals surface area contributed by atoms with Gasteiger partial charge in [0, 0.05) is 30.1 Å². The van der Waals surface area contributed by atoms with Crippen molar-refractivity contribution in [3.8, 4) is 5.75 Å². The molecule has 1 aromatic carbocycles. The molecule has 3 N–H and O–H groups in total. The second-order valence-corrected chi connectivity index (χ2v) is 4.93. The van der Waals surface area contributed by atoms with E-state index in [1.807, 2.05) is 6.07 Å². The fourth-order valence-electron chi connectivity index (χ4n) is 2.43. The van der Waals surface area contributed by atoms with Crippen LogP contribution in [0.15, 0.2) is 18.2 Å². The maximum Gasteiger partial charge on any atom is 0.122 e. The van der Waals surface area contributed by atoms with E-state index in [0.717, 1.165) is 18.8 Å². The summed E-state index contributed by atoms with van der Waals surface area (Å²) in [7, 11) is 1.71. The number of aryl methyl sites for hydroxylation is 1. The highest BCUT2D eigenvalue weighted by atomic mass is 16.5. The number of nitrogens with one attached hydrogen (secondary N) is 1. The minimum Gasteiger partial charge on any atom is -0.496 e. The molecular formula is C13H20N2O. The molecule has 1 aromatic rings. The van der Waals surface area contributed by atoms with Gasteiger partial charge in [0.25, 0.3) is 0 Å². The summed E-state index contributed by atoms with van der Waals surface area (Å²) in [6.45, 7) is 5.97. The molecule has 0 spiro atoms. The minimum absolute atomic E-state index is 0.193. The Hall–Kier alpha value is -1.06. The zero-order valence-electron chi connectivity index (χ0n) is 10.2. The minimum atomic E-state index is -0.193. The highest BCUT2D eigenvalue weighted by Crippen LogP contribution is 2.35. The van der Waals surface area contributed by atoms with Gasteiger partial charge in [0.1, 0.15) is 5.75 Å². The SMILES string of the molecule is COc1ccc(C)cc1[C@H]1CNC[C@]1(C)N. The Bertz CT molecular complexity index is 388. The predicted molar refractivity (Wildman–Crippen MR) is 65.9 cm³/mol. The van der Waals surface area contributed by atoms with E-state index in [0.29, 0.717) is 5.92 Å². The number of benzene rings is 1. The van der Waals surface area contributed by atoms with Crippen LogP contribution in [0, 0.1) is 6.92 Å². The molecule has 1 aliphatic rings. The molecule has 1 aliphatic heterocycles. The van der Waals surface area contributed by atoms with Gasteiger partial charge in [0.15, 0.2) is 0 Å². The Morgan fingerprint density at radius 1 is 1.50 bits per heavy atom. The van der Waals surface area contributed by atoms with Crippen molar-refractivity contribution in [3.05, 3.63) is 29.3 Å². The smallest absolute Gasteiger partial charge is 0.122 e. The van der Waals surface area contributed by atoms with Crippen molar-refractivity contribution in [2.24, 2.45) is 5.73 Å². The molecule has 16 heavy (non-hydrogen) atoms. The largest absolute Gasteiger partial charge is 0.496 e. The van der Waals surface area contributed by atoms with Gasteiger partial charge in [-0.25, -0.2) is 0 Å². The van der Waals surface area contributed by atoms with Gasteiger partial charge in [0.05, 0.1) is 7.11 Å². The van der Waals surface area contributed by atoms with E-state index in [1.54, 1.807) is 7.11 Å². The van der Waals surface area contributed by atoms with Crippen LogP contribution in [0.2, 0.25) is 0 Å². The molecule has 0 amide bonds. The number of ether oxygens (including phenoxy) is 1. The normalized spacial score (nSPS) is 29.4. The second kappa shape index (κ2) is 4.07. The first-order valence-corrected chi connectivity index (χ1v) is 5.69. The Morgan fingerprint density at radius 3 is 2.81 bits per heavy atom. The van der Waals surface area contributed by atoms with Crippen LogP contribution in [0.4, 0.5) is 0 Å². The van der Waals surface area contributed by atoms with Crippen LogP contribution in [0.3, 0.4) is 0 Å². The van der Waals surface area contributed by atoms with Gasteiger partial charge >= 0.3 is 0 Å². The van der Waals surface area contributed by atoms with E-state index in [9.17, 15) is 0 Å². The van der Waals surface area contributed by atoms with Crippen LogP contribution in [-0.4, -0.2) is 25.7 Å². The van der Waals surface area contributed by atoms with Gasteiger partial charge in [-0.05, 0) is 19.9 Å². The summed E-state index contributed by atoms with van der Waals surface area (Å²) in [5, 5.41) is 3.35. The van der Waals surface area contributed by atoms with Crippen LogP contribution in [0.5, 0.6) is 5.75 Å². The molecule has 0 unspecified atom stereocenters. The molecule has 3 nitrogen and oxygen atoms in total. The van der Waals surface area contributed by atoms with E-state index < -0.39 is 0 Å². The first-order valence-electron chi connectivity index (χ1n) is 5.69. The molecule has 0 aromatic heterocycles. The fourth-order valence-corrected chi connectivity index (χ4v) is 2.43. The van der Waals surface area contributed by atoms with Gasteiger partial charge in [-0.15, -0.1) is 0 Å². The molecule has 1 heterocycles. The molecular weight excluding hydrogens is 200 g/mol. The summed E-state index contributed by atoms with van der Waals surface area (Å²) in [6, 6.07) is 6.28. The van der Waals surface area contributed by atoms with Crippen molar-refractivity contribution in [3.63, 3.8) is 0 Å². The number of methoxy groups -OCH3 is 1.